The number of pyridine rings is 1. The highest BCUT2D eigenvalue weighted by molar-refractivity contribution is 5.26. The summed E-state index contributed by atoms with van der Waals surface area (Å²) in [5.74, 6) is 0.615. The highest BCUT2D eigenvalue weighted by Gasteiger charge is 2.11. The summed E-state index contributed by atoms with van der Waals surface area (Å²) in [5, 5.41) is 12.4. The Labute approximate surface area is 119 Å². The van der Waals surface area contributed by atoms with Crippen molar-refractivity contribution in [3.63, 3.8) is 0 Å². The van der Waals surface area contributed by atoms with Gasteiger partial charge in [0.15, 0.2) is 0 Å². The molecule has 0 bridgehead atoms. The van der Waals surface area contributed by atoms with E-state index in [0.717, 1.165) is 11.1 Å². The third-order valence-electron chi connectivity index (χ3n) is 3.08. The molecule has 1 atom stereocenters. The van der Waals surface area contributed by atoms with Gasteiger partial charge in [0.25, 0.3) is 0 Å². The maximum atomic E-state index is 8.97. The number of nitrogens with zero attached hydrogens (tertiary/aromatic N) is 2. The van der Waals surface area contributed by atoms with Crippen LogP contribution in [-0.4, -0.2) is 12.1 Å². The van der Waals surface area contributed by atoms with Crippen molar-refractivity contribution in [3.8, 4) is 11.9 Å². The molecular formula is C16H17N3O. The summed E-state index contributed by atoms with van der Waals surface area (Å²) < 4.78 is 5.23. The van der Waals surface area contributed by atoms with E-state index in [1.807, 2.05) is 42.5 Å². The van der Waals surface area contributed by atoms with Crippen molar-refractivity contribution >= 4 is 0 Å². The minimum atomic E-state index is 0.00566. The van der Waals surface area contributed by atoms with Crippen LogP contribution in [0.15, 0.2) is 48.7 Å². The van der Waals surface area contributed by atoms with Gasteiger partial charge in [0.2, 0.25) is 5.88 Å². The summed E-state index contributed by atoms with van der Waals surface area (Å²) in [5.41, 5.74) is 2.09. The molecule has 0 fully saturated rings. The molecule has 0 saturated carbocycles. The van der Waals surface area contributed by atoms with E-state index in [9.17, 15) is 0 Å². The molecular weight excluding hydrogens is 250 g/mol. The Morgan fingerprint density at radius 1 is 1.25 bits per heavy atom. The second-order valence-electron chi connectivity index (χ2n) is 4.38. The quantitative estimate of drug-likeness (QED) is 0.874. The number of ether oxygens (including phenoxy) is 1. The fourth-order valence-electron chi connectivity index (χ4n) is 2.06. The van der Waals surface area contributed by atoms with Gasteiger partial charge in [0.05, 0.1) is 19.6 Å². The highest BCUT2D eigenvalue weighted by atomic mass is 16.5. The van der Waals surface area contributed by atoms with Crippen molar-refractivity contribution < 1.29 is 4.74 Å². The average molecular weight is 267 g/mol. The van der Waals surface area contributed by atoms with Crippen molar-refractivity contribution in [1.82, 2.24) is 10.3 Å². The molecule has 2 rings (SSSR count). The number of hydrogen-bond acceptors (Lipinski definition) is 4. The molecule has 0 amide bonds. The van der Waals surface area contributed by atoms with Crippen LogP contribution in [0.1, 0.15) is 23.6 Å². The maximum absolute atomic E-state index is 8.97. The van der Waals surface area contributed by atoms with Gasteiger partial charge in [0, 0.05) is 24.3 Å². The van der Waals surface area contributed by atoms with Crippen LogP contribution in [0.25, 0.3) is 0 Å². The van der Waals surface area contributed by atoms with Crippen molar-refractivity contribution in [3.05, 3.63) is 59.8 Å². The molecule has 0 spiro atoms. The van der Waals surface area contributed by atoms with E-state index in [4.69, 9.17) is 10.00 Å². The Morgan fingerprint density at radius 2 is 2.05 bits per heavy atom. The first-order valence-electron chi connectivity index (χ1n) is 6.48. The Balaban J connectivity index is 2.08. The average Bonchev–Trinajstić information content (AvgIpc) is 2.52. The van der Waals surface area contributed by atoms with Gasteiger partial charge in [-0.2, -0.15) is 5.26 Å². The molecule has 0 aliphatic carbocycles. The van der Waals surface area contributed by atoms with Crippen LogP contribution in [0.4, 0.5) is 0 Å². The number of rotatable bonds is 6. The van der Waals surface area contributed by atoms with E-state index in [-0.39, 0.29) is 6.04 Å². The molecule has 4 heteroatoms. The van der Waals surface area contributed by atoms with E-state index >= 15 is 0 Å². The number of aromatic nitrogens is 1. The van der Waals surface area contributed by atoms with Gasteiger partial charge in [-0.05, 0) is 11.6 Å². The summed E-state index contributed by atoms with van der Waals surface area (Å²) in [6.07, 6.45) is 2.12. The molecule has 1 aromatic carbocycles. The molecule has 2 aromatic rings. The third kappa shape index (κ3) is 3.56. The summed E-state index contributed by atoms with van der Waals surface area (Å²) >= 11 is 0. The summed E-state index contributed by atoms with van der Waals surface area (Å²) in [7, 11) is 1.61. The van der Waals surface area contributed by atoms with Gasteiger partial charge in [-0.1, -0.05) is 36.4 Å². The number of methoxy groups -OCH3 is 1. The monoisotopic (exact) mass is 267 g/mol. The summed E-state index contributed by atoms with van der Waals surface area (Å²) in [6, 6.07) is 16.0. The molecule has 0 saturated heterocycles. The van der Waals surface area contributed by atoms with Crippen molar-refractivity contribution in [1.29, 1.82) is 5.26 Å². The van der Waals surface area contributed by atoms with Gasteiger partial charge in [0.1, 0.15) is 0 Å². The van der Waals surface area contributed by atoms with Crippen LogP contribution in [0.5, 0.6) is 5.88 Å². The molecule has 0 radical (unpaired) electrons. The molecule has 1 unspecified atom stereocenters. The fourth-order valence-corrected chi connectivity index (χ4v) is 2.06. The number of nitriles is 1. The predicted molar refractivity (Wildman–Crippen MR) is 77.0 cm³/mol. The smallest absolute Gasteiger partial charge is 0.217 e. The maximum Gasteiger partial charge on any atom is 0.217 e. The minimum absolute atomic E-state index is 0.00566. The number of benzene rings is 1. The Hall–Kier alpha value is -2.38. The lowest BCUT2D eigenvalue weighted by Gasteiger charge is -2.17. The first-order valence-corrected chi connectivity index (χ1v) is 6.48. The van der Waals surface area contributed by atoms with Crippen LogP contribution in [0.3, 0.4) is 0 Å². The van der Waals surface area contributed by atoms with E-state index in [1.165, 1.54) is 0 Å². The van der Waals surface area contributed by atoms with E-state index in [2.05, 4.69) is 16.4 Å². The molecule has 1 heterocycles. The fraction of sp³-hybridized carbons (Fsp3) is 0.250. The van der Waals surface area contributed by atoms with Crippen molar-refractivity contribution in [2.24, 2.45) is 0 Å². The lowest BCUT2D eigenvalue weighted by Crippen LogP contribution is -2.21. The predicted octanol–water partition coefficient (Wildman–Crippen LogP) is 2.83. The Bertz CT molecular complexity index is 578. The Kier molecular flexibility index (Phi) is 5.10. The topological polar surface area (TPSA) is 57.9 Å². The highest BCUT2D eigenvalue weighted by Crippen LogP contribution is 2.19. The van der Waals surface area contributed by atoms with Crippen LogP contribution in [0, 0.1) is 11.3 Å². The first kappa shape index (κ1) is 14.0. The summed E-state index contributed by atoms with van der Waals surface area (Å²) in [4.78, 5) is 4.17. The van der Waals surface area contributed by atoms with Gasteiger partial charge in [-0.3, -0.25) is 0 Å². The lowest BCUT2D eigenvalue weighted by molar-refractivity contribution is 0.388. The van der Waals surface area contributed by atoms with Crippen LogP contribution < -0.4 is 10.1 Å². The van der Waals surface area contributed by atoms with Crippen LogP contribution >= 0.6 is 0 Å². The van der Waals surface area contributed by atoms with Crippen molar-refractivity contribution in [2.45, 2.75) is 19.0 Å². The summed E-state index contributed by atoms with van der Waals surface area (Å²) in [6.45, 7) is 0.609. The SMILES string of the molecule is COc1ncccc1CNC(CC#N)c1ccccc1. The standard InChI is InChI=1S/C16H17N3O/c1-20-16-14(8-5-11-18-16)12-19-15(9-10-17)13-6-3-2-4-7-13/h2-8,11,15,19H,9,12H2,1H3. The molecule has 1 N–H and O–H groups in total. The molecule has 0 aliphatic heterocycles. The second kappa shape index (κ2) is 7.27. The van der Waals surface area contributed by atoms with E-state index in [1.54, 1.807) is 13.3 Å². The van der Waals surface area contributed by atoms with Gasteiger partial charge in [-0.25, -0.2) is 4.98 Å². The second-order valence-corrected chi connectivity index (χ2v) is 4.38. The van der Waals surface area contributed by atoms with Crippen molar-refractivity contribution in [2.75, 3.05) is 7.11 Å². The Morgan fingerprint density at radius 3 is 2.75 bits per heavy atom. The zero-order valence-corrected chi connectivity index (χ0v) is 11.4. The van der Waals surface area contributed by atoms with E-state index < -0.39 is 0 Å². The number of hydrogen-bond donors (Lipinski definition) is 1. The first-order chi connectivity index (χ1) is 9.85. The molecule has 4 nitrogen and oxygen atoms in total. The lowest BCUT2D eigenvalue weighted by atomic mass is 10.0. The van der Waals surface area contributed by atoms with Crippen LogP contribution in [0.2, 0.25) is 0 Å². The van der Waals surface area contributed by atoms with Crippen LogP contribution in [-0.2, 0) is 6.54 Å². The molecule has 20 heavy (non-hydrogen) atoms. The van der Waals surface area contributed by atoms with Gasteiger partial charge < -0.3 is 10.1 Å². The number of nitrogens with one attached hydrogen (secondary N) is 1. The van der Waals surface area contributed by atoms with E-state index in [0.29, 0.717) is 18.8 Å². The normalized spacial score (nSPS) is 11.6. The van der Waals surface area contributed by atoms with Gasteiger partial charge in [-0.15, -0.1) is 0 Å². The molecule has 102 valence electrons. The minimum Gasteiger partial charge on any atom is -0.481 e. The molecule has 1 aromatic heterocycles. The van der Waals surface area contributed by atoms with Gasteiger partial charge >= 0.3 is 0 Å². The zero-order valence-electron chi connectivity index (χ0n) is 11.4. The zero-order chi connectivity index (χ0) is 14.2. The molecule has 0 aliphatic rings. The largest absolute Gasteiger partial charge is 0.481 e. The third-order valence-corrected chi connectivity index (χ3v) is 3.08.